The van der Waals surface area contributed by atoms with Crippen molar-refractivity contribution in [2.24, 2.45) is 0 Å². The number of nitrogens with zero attached hydrogens (tertiary/aromatic N) is 1. The van der Waals surface area contributed by atoms with E-state index in [1.54, 1.807) is 26.0 Å². The summed E-state index contributed by atoms with van der Waals surface area (Å²) >= 11 is 1.58. The summed E-state index contributed by atoms with van der Waals surface area (Å²) in [4.78, 5) is 1.00. The van der Waals surface area contributed by atoms with E-state index in [2.05, 4.69) is 5.32 Å². The van der Waals surface area contributed by atoms with E-state index in [-0.39, 0.29) is 6.54 Å². The van der Waals surface area contributed by atoms with Gasteiger partial charge in [-0.05, 0) is 12.3 Å². The normalized spacial score (nSPS) is 9.38. The molecule has 0 spiro atoms. The summed E-state index contributed by atoms with van der Waals surface area (Å²) in [5.41, 5.74) is 0.763. The fraction of sp³-hybridized carbons (Fsp3) is 0.364. The van der Waals surface area contributed by atoms with Crippen LogP contribution >= 0.6 is 11.8 Å². The molecule has 0 saturated heterocycles. The number of hydrogen-bond donors (Lipinski definition) is 1. The molecule has 0 unspecified atom stereocenters. The van der Waals surface area contributed by atoms with Crippen molar-refractivity contribution in [3.8, 4) is 17.6 Å². The van der Waals surface area contributed by atoms with Gasteiger partial charge in [0.05, 0.1) is 30.9 Å². The Labute approximate surface area is 99.5 Å². The van der Waals surface area contributed by atoms with Gasteiger partial charge in [0.2, 0.25) is 0 Å². The van der Waals surface area contributed by atoms with E-state index in [4.69, 9.17) is 14.7 Å². The van der Waals surface area contributed by atoms with Gasteiger partial charge in [0.25, 0.3) is 0 Å². The molecule has 0 aliphatic rings. The summed E-state index contributed by atoms with van der Waals surface area (Å²) in [6, 6.07) is 5.75. The van der Waals surface area contributed by atoms with E-state index in [0.717, 1.165) is 16.3 Å². The van der Waals surface area contributed by atoms with Crippen molar-refractivity contribution >= 4 is 17.4 Å². The van der Waals surface area contributed by atoms with Crippen LogP contribution in [0, 0.1) is 11.3 Å². The van der Waals surface area contributed by atoms with Crippen LogP contribution < -0.4 is 14.8 Å². The lowest BCUT2D eigenvalue weighted by atomic mass is 10.2. The summed E-state index contributed by atoms with van der Waals surface area (Å²) in [7, 11) is 3.22. The largest absolute Gasteiger partial charge is 0.496 e. The van der Waals surface area contributed by atoms with Gasteiger partial charge in [-0.2, -0.15) is 5.26 Å². The first-order valence-corrected chi connectivity index (χ1v) is 5.90. The summed E-state index contributed by atoms with van der Waals surface area (Å²) < 4.78 is 10.5. The first-order chi connectivity index (χ1) is 7.76. The lowest BCUT2D eigenvalue weighted by Crippen LogP contribution is -2.01. The first kappa shape index (κ1) is 12.5. The molecule has 0 aromatic heterocycles. The van der Waals surface area contributed by atoms with E-state index < -0.39 is 0 Å². The van der Waals surface area contributed by atoms with Gasteiger partial charge in [-0.1, -0.05) is 0 Å². The van der Waals surface area contributed by atoms with Gasteiger partial charge in [-0.25, -0.2) is 0 Å². The zero-order valence-electron chi connectivity index (χ0n) is 9.53. The summed E-state index contributed by atoms with van der Waals surface area (Å²) in [5, 5.41) is 11.5. The number of rotatable bonds is 5. The second-order valence-electron chi connectivity index (χ2n) is 2.92. The van der Waals surface area contributed by atoms with Gasteiger partial charge >= 0.3 is 0 Å². The number of benzene rings is 1. The van der Waals surface area contributed by atoms with Gasteiger partial charge in [0.15, 0.2) is 0 Å². The SMILES string of the molecule is COc1cc(SC)c(OC)cc1NCC#N. The Morgan fingerprint density at radius 3 is 2.50 bits per heavy atom. The molecule has 1 N–H and O–H groups in total. The number of methoxy groups -OCH3 is 2. The molecule has 0 radical (unpaired) electrons. The molecular weight excluding hydrogens is 224 g/mol. The fourth-order valence-electron chi connectivity index (χ4n) is 1.30. The highest BCUT2D eigenvalue weighted by atomic mass is 32.2. The maximum atomic E-state index is 8.53. The molecule has 86 valence electrons. The third-order valence-corrected chi connectivity index (χ3v) is 2.82. The van der Waals surface area contributed by atoms with Crippen LogP contribution in [-0.4, -0.2) is 27.0 Å². The first-order valence-electron chi connectivity index (χ1n) is 4.67. The molecule has 1 aromatic rings. The Bertz CT molecular complexity index is 402. The minimum atomic E-state index is 0.234. The molecule has 0 bridgehead atoms. The molecule has 0 saturated carbocycles. The maximum Gasteiger partial charge on any atom is 0.143 e. The number of hydrogen-bond acceptors (Lipinski definition) is 5. The van der Waals surface area contributed by atoms with Gasteiger partial charge in [0.1, 0.15) is 18.0 Å². The third-order valence-electron chi connectivity index (χ3n) is 2.06. The van der Waals surface area contributed by atoms with E-state index in [0.29, 0.717) is 5.75 Å². The average Bonchev–Trinajstić information content (AvgIpc) is 2.35. The predicted molar refractivity (Wildman–Crippen MR) is 65.4 cm³/mol. The van der Waals surface area contributed by atoms with Crippen LogP contribution in [-0.2, 0) is 0 Å². The molecule has 0 atom stereocenters. The average molecular weight is 238 g/mol. The van der Waals surface area contributed by atoms with Crippen molar-refractivity contribution < 1.29 is 9.47 Å². The van der Waals surface area contributed by atoms with E-state index in [1.165, 1.54) is 0 Å². The number of anilines is 1. The summed E-state index contributed by atoms with van der Waals surface area (Å²) in [6.07, 6.45) is 1.97. The molecule has 0 heterocycles. The molecule has 0 amide bonds. The molecule has 5 heteroatoms. The van der Waals surface area contributed by atoms with Crippen molar-refractivity contribution in [3.05, 3.63) is 12.1 Å². The Kier molecular flexibility index (Phi) is 4.80. The zero-order chi connectivity index (χ0) is 12.0. The van der Waals surface area contributed by atoms with Gasteiger partial charge in [0, 0.05) is 6.07 Å². The number of nitriles is 1. The summed E-state index contributed by atoms with van der Waals surface area (Å²) in [5.74, 6) is 1.48. The van der Waals surface area contributed by atoms with Crippen molar-refractivity contribution in [3.63, 3.8) is 0 Å². The molecule has 0 aliphatic carbocycles. The van der Waals surface area contributed by atoms with Crippen molar-refractivity contribution in [1.82, 2.24) is 0 Å². The lowest BCUT2D eigenvalue weighted by molar-refractivity contribution is 0.395. The van der Waals surface area contributed by atoms with Crippen LogP contribution in [0.3, 0.4) is 0 Å². The Morgan fingerprint density at radius 2 is 2.00 bits per heavy atom. The minimum Gasteiger partial charge on any atom is -0.496 e. The molecule has 4 nitrogen and oxygen atoms in total. The second-order valence-corrected chi connectivity index (χ2v) is 3.77. The van der Waals surface area contributed by atoms with E-state index in [9.17, 15) is 0 Å². The molecular formula is C11H14N2O2S. The number of nitrogens with one attached hydrogen (secondary N) is 1. The van der Waals surface area contributed by atoms with Crippen LogP contribution in [0.25, 0.3) is 0 Å². The maximum absolute atomic E-state index is 8.53. The van der Waals surface area contributed by atoms with E-state index in [1.807, 2.05) is 24.5 Å². The van der Waals surface area contributed by atoms with Crippen molar-refractivity contribution in [2.45, 2.75) is 4.90 Å². The molecule has 1 rings (SSSR count). The molecule has 0 aliphatic heterocycles. The monoisotopic (exact) mass is 238 g/mol. The van der Waals surface area contributed by atoms with Gasteiger partial charge in [-0.15, -0.1) is 11.8 Å². The predicted octanol–water partition coefficient (Wildman–Crippen LogP) is 2.36. The lowest BCUT2D eigenvalue weighted by Gasteiger charge is -2.13. The van der Waals surface area contributed by atoms with Crippen LogP contribution in [0.5, 0.6) is 11.5 Å². The highest BCUT2D eigenvalue weighted by molar-refractivity contribution is 7.98. The van der Waals surface area contributed by atoms with Crippen LogP contribution in [0.15, 0.2) is 17.0 Å². The summed E-state index contributed by atoms with van der Waals surface area (Å²) in [6.45, 7) is 0.234. The number of thioether (sulfide) groups is 1. The quantitative estimate of drug-likeness (QED) is 0.630. The van der Waals surface area contributed by atoms with Gasteiger partial charge in [-0.3, -0.25) is 0 Å². The highest BCUT2D eigenvalue weighted by Gasteiger charge is 2.09. The Hall–Kier alpha value is -1.54. The third kappa shape index (κ3) is 2.74. The van der Waals surface area contributed by atoms with Crippen molar-refractivity contribution in [1.29, 1.82) is 5.26 Å². The smallest absolute Gasteiger partial charge is 0.143 e. The fourth-order valence-corrected chi connectivity index (χ4v) is 1.87. The molecule has 0 fully saturated rings. The standard InChI is InChI=1S/C11H14N2O2S/c1-14-9-7-11(16-3)10(15-2)6-8(9)13-5-4-12/h6-7,13H,5H2,1-3H3. The van der Waals surface area contributed by atoms with Crippen LogP contribution in [0.2, 0.25) is 0 Å². The Balaban J connectivity index is 3.11. The van der Waals surface area contributed by atoms with Gasteiger partial charge < -0.3 is 14.8 Å². The van der Waals surface area contributed by atoms with Crippen molar-refractivity contribution in [2.75, 3.05) is 32.3 Å². The molecule has 1 aromatic carbocycles. The number of ether oxygens (including phenoxy) is 2. The van der Waals surface area contributed by atoms with E-state index >= 15 is 0 Å². The zero-order valence-corrected chi connectivity index (χ0v) is 10.4. The minimum absolute atomic E-state index is 0.234. The highest BCUT2D eigenvalue weighted by Crippen LogP contribution is 2.37. The van der Waals surface area contributed by atoms with Crippen LogP contribution in [0.1, 0.15) is 0 Å². The topological polar surface area (TPSA) is 54.3 Å². The Morgan fingerprint density at radius 1 is 1.31 bits per heavy atom. The molecule has 16 heavy (non-hydrogen) atoms. The second kappa shape index (κ2) is 6.13. The van der Waals surface area contributed by atoms with Crippen LogP contribution in [0.4, 0.5) is 5.69 Å².